The first kappa shape index (κ1) is 14.4. The Labute approximate surface area is 129 Å². The normalized spacial score (nSPS) is 11.2. The van der Waals surface area contributed by atoms with Crippen molar-refractivity contribution in [2.75, 3.05) is 0 Å². The van der Waals surface area contributed by atoms with Gasteiger partial charge in [-0.1, -0.05) is 5.16 Å². The van der Waals surface area contributed by atoms with E-state index in [1.807, 2.05) is 52.4 Å². The Bertz CT molecular complexity index is 840. The summed E-state index contributed by atoms with van der Waals surface area (Å²) < 4.78 is 7.13. The topological polar surface area (TPSA) is 69.6 Å². The van der Waals surface area contributed by atoms with Gasteiger partial charge in [-0.2, -0.15) is 5.10 Å². The first-order valence-electron chi connectivity index (χ1n) is 7.18. The van der Waals surface area contributed by atoms with Crippen LogP contribution < -0.4 is 0 Å². The minimum Gasteiger partial charge on any atom is -0.361 e. The second kappa shape index (κ2) is 5.05. The van der Waals surface area contributed by atoms with E-state index in [-0.39, 0.29) is 0 Å². The zero-order valence-electron chi connectivity index (χ0n) is 13.7. The van der Waals surface area contributed by atoms with Crippen LogP contribution in [0, 0.1) is 34.6 Å². The van der Waals surface area contributed by atoms with Gasteiger partial charge in [0.05, 0.1) is 28.3 Å². The minimum atomic E-state index is 0.718. The highest BCUT2D eigenvalue weighted by Crippen LogP contribution is 2.30. The van der Waals surface area contributed by atoms with Gasteiger partial charge in [-0.15, -0.1) is 0 Å². The third-order valence-corrected chi connectivity index (χ3v) is 3.89. The van der Waals surface area contributed by atoms with Gasteiger partial charge < -0.3 is 4.52 Å². The van der Waals surface area contributed by atoms with Crippen molar-refractivity contribution < 1.29 is 4.52 Å². The van der Waals surface area contributed by atoms with E-state index < -0.39 is 0 Å². The molecule has 0 aliphatic heterocycles. The molecule has 0 radical (unpaired) electrons. The van der Waals surface area contributed by atoms with Crippen LogP contribution in [0.15, 0.2) is 10.6 Å². The number of aromatic nitrogens is 5. The fourth-order valence-electron chi connectivity index (χ4n) is 2.82. The number of hydrogen-bond donors (Lipinski definition) is 0. The van der Waals surface area contributed by atoms with Crippen LogP contribution in [0.2, 0.25) is 0 Å². The molecule has 0 saturated heterocycles. The van der Waals surface area contributed by atoms with Crippen LogP contribution in [0.3, 0.4) is 0 Å². The lowest BCUT2D eigenvalue weighted by atomic mass is 10.1. The molecule has 0 bridgehead atoms. The van der Waals surface area contributed by atoms with E-state index in [1.54, 1.807) is 0 Å². The first-order valence-corrected chi connectivity index (χ1v) is 7.18. The zero-order valence-corrected chi connectivity index (χ0v) is 13.7. The van der Waals surface area contributed by atoms with Crippen molar-refractivity contribution in [3.63, 3.8) is 0 Å². The van der Waals surface area contributed by atoms with Crippen molar-refractivity contribution in [3.8, 4) is 22.5 Å². The maximum absolute atomic E-state index is 5.26. The van der Waals surface area contributed by atoms with Crippen LogP contribution in [0.5, 0.6) is 0 Å². The molecule has 0 saturated carbocycles. The standard InChI is InChI=1S/C16H19N5O/c1-8-15(10(3)21(6)19-8)13-7-14(18-12(5)17-13)16-9(2)20-22-11(16)4/h7H,1-6H3. The lowest BCUT2D eigenvalue weighted by molar-refractivity contribution is 0.393. The van der Waals surface area contributed by atoms with Gasteiger partial charge in [-0.05, 0) is 40.7 Å². The molecule has 0 aromatic carbocycles. The highest BCUT2D eigenvalue weighted by molar-refractivity contribution is 5.72. The quantitative estimate of drug-likeness (QED) is 0.727. The van der Waals surface area contributed by atoms with Crippen LogP contribution in [-0.4, -0.2) is 24.9 Å². The second-order valence-corrected chi connectivity index (χ2v) is 5.55. The molecule has 0 spiro atoms. The molecule has 0 N–H and O–H groups in total. The zero-order chi connectivity index (χ0) is 16.0. The predicted molar refractivity (Wildman–Crippen MR) is 83.4 cm³/mol. The van der Waals surface area contributed by atoms with Gasteiger partial charge in [0.25, 0.3) is 0 Å². The molecule has 0 aliphatic carbocycles. The van der Waals surface area contributed by atoms with E-state index in [0.717, 1.165) is 51.2 Å². The van der Waals surface area contributed by atoms with Crippen molar-refractivity contribution >= 4 is 0 Å². The molecule has 3 aromatic heterocycles. The highest BCUT2D eigenvalue weighted by atomic mass is 16.5. The molecule has 114 valence electrons. The molecule has 3 aromatic rings. The third-order valence-electron chi connectivity index (χ3n) is 3.89. The van der Waals surface area contributed by atoms with Crippen molar-refractivity contribution in [1.29, 1.82) is 0 Å². The molecule has 0 amide bonds. The number of nitrogens with zero attached hydrogens (tertiary/aromatic N) is 5. The average molecular weight is 297 g/mol. The summed E-state index contributed by atoms with van der Waals surface area (Å²) in [6, 6.07) is 1.98. The smallest absolute Gasteiger partial charge is 0.143 e. The summed E-state index contributed by atoms with van der Waals surface area (Å²) in [4.78, 5) is 9.14. The summed E-state index contributed by atoms with van der Waals surface area (Å²) in [5.41, 5.74) is 6.59. The molecule has 0 unspecified atom stereocenters. The molecule has 0 atom stereocenters. The van der Waals surface area contributed by atoms with Crippen LogP contribution in [0.4, 0.5) is 0 Å². The number of hydrogen-bond acceptors (Lipinski definition) is 5. The van der Waals surface area contributed by atoms with Crippen molar-refractivity contribution in [3.05, 3.63) is 34.7 Å². The molecule has 22 heavy (non-hydrogen) atoms. The van der Waals surface area contributed by atoms with Crippen LogP contribution in [-0.2, 0) is 7.05 Å². The molecular weight excluding hydrogens is 278 g/mol. The van der Waals surface area contributed by atoms with E-state index >= 15 is 0 Å². The Kier molecular flexibility index (Phi) is 3.31. The van der Waals surface area contributed by atoms with Crippen molar-refractivity contribution in [2.45, 2.75) is 34.6 Å². The average Bonchev–Trinajstić information content (AvgIpc) is 2.89. The predicted octanol–water partition coefficient (Wildman–Crippen LogP) is 3.07. The van der Waals surface area contributed by atoms with Crippen LogP contribution >= 0.6 is 0 Å². The van der Waals surface area contributed by atoms with Crippen LogP contribution in [0.1, 0.15) is 28.7 Å². The molecule has 0 aliphatic rings. The summed E-state index contributed by atoms with van der Waals surface area (Å²) >= 11 is 0. The maximum Gasteiger partial charge on any atom is 0.143 e. The van der Waals surface area contributed by atoms with E-state index in [1.165, 1.54) is 0 Å². The Balaban J connectivity index is 2.24. The molecule has 0 fully saturated rings. The van der Waals surface area contributed by atoms with E-state index in [4.69, 9.17) is 4.52 Å². The Morgan fingerprint density at radius 2 is 1.55 bits per heavy atom. The lowest BCUT2D eigenvalue weighted by Gasteiger charge is -2.07. The fraction of sp³-hybridized carbons (Fsp3) is 0.375. The van der Waals surface area contributed by atoms with Crippen LogP contribution in [0.25, 0.3) is 22.5 Å². The molecule has 6 nitrogen and oxygen atoms in total. The van der Waals surface area contributed by atoms with Gasteiger partial charge in [0, 0.05) is 18.3 Å². The third kappa shape index (κ3) is 2.20. The number of aryl methyl sites for hydroxylation is 5. The fourth-order valence-corrected chi connectivity index (χ4v) is 2.82. The summed E-state index contributed by atoms with van der Waals surface area (Å²) in [6.07, 6.45) is 0. The monoisotopic (exact) mass is 297 g/mol. The Morgan fingerprint density at radius 3 is 2.05 bits per heavy atom. The number of rotatable bonds is 2. The summed E-state index contributed by atoms with van der Waals surface area (Å²) in [5.74, 6) is 1.48. The lowest BCUT2D eigenvalue weighted by Crippen LogP contribution is -1.97. The SMILES string of the molecule is Cc1nc(-c2c(C)noc2C)cc(-c2c(C)nn(C)c2C)n1. The Morgan fingerprint density at radius 1 is 0.909 bits per heavy atom. The van der Waals surface area contributed by atoms with Gasteiger partial charge in [-0.3, -0.25) is 4.68 Å². The van der Waals surface area contributed by atoms with Gasteiger partial charge >= 0.3 is 0 Å². The van der Waals surface area contributed by atoms with Crippen molar-refractivity contribution in [2.24, 2.45) is 7.05 Å². The molecule has 3 heterocycles. The minimum absolute atomic E-state index is 0.718. The Hall–Kier alpha value is -2.50. The van der Waals surface area contributed by atoms with Gasteiger partial charge in [0.1, 0.15) is 11.6 Å². The second-order valence-electron chi connectivity index (χ2n) is 5.55. The van der Waals surface area contributed by atoms with E-state index in [2.05, 4.69) is 20.2 Å². The molecule has 6 heteroatoms. The summed E-state index contributed by atoms with van der Waals surface area (Å²) in [5, 5.41) is 8.48. The maximum atomic E-state index is 5.26. The summed E-state index contributed by atoms with van der Waals surface area (Å²) in [6.45, 7) is 9.75. The first-order chi connectivity index (χ1) is 10.4. The van der Waals surface area contributed by atoms with Gasteiger partial charge in [0.2, 0.25) is 0 Å². The largest absolute Gasteiger partial charge is 0.361 e. The van der Waals surface area contributed by atoms with Gasteiger partial charge in [-0.25, -0.2) is 9.97 Å². The highest BCUT2D eigenvalue weighted by Gasteiger charge is 2.18. The molecule has 3 rings (SSSR count). The summed E-state index contributed by atoms with van der Waals surface area (Å²) in [7, 11) is 1.94. The van der Waals surface area contributed by atoms with E-state index in [0.29, 0.717) is 0 Å². The van der Waals surface area contributed by atoms with Crippen molar-refractivity contribution in [1.82, 2.24) is 24.9 Å². The van der Waals surface area contributed by atoms with E-state index in [9.17, 15) is 0 Å². The molecular formula is C16H19N5O. The van der Waals surface area contributed by atoms with Gasteiger partial charge in [0.15, 0.2) is 0 Å².